The Kier molecular flexibility index (Phi) is 3.74. The van der Waals surface area contributed by atoms with E-state index in [1.807, 2.05) is 0 Å². The van der Waals surface area contributed by atoms with Crippen LogP contribution in [-0.4, -0.2) is 5.11 Å². The maximum Gasteiger partial charge on any atom is 0.166 e. The molecule has 0 saturated carbocycles. The minimum atomic E-state index is -0.729. The first-order valence-corrected chi connectivity index (χ1v) is 5.41. The lowest BCUT2D eigenvalue weighted by molar-refractivity contribution is 0.281. The van der Waals surface area contributed by atoms with Crippen LogP contribution in [0, 0.1) is 23.0 Å². The highest BCUT2D eigenvalue weighted by molar-refractivity contribution is 5.39. The van der Waals surface area contributed by atoms with Gasteiger partial charge in [-0.3, -0.25) is 0 Å². The molecule has 0 unspecified atom stereocenters. The zero-order valence-electron chi connectivity index (χ0n) is 9.73. The molecule has 0 radical (unpaired) electrons. The lowest BCUT2D eigenvalue weighted by Gasteiger charge is -2.08. The van der Waals surface area contributed by atoms with Crippen molar-refractivity contribution in [2.75, 3.05) is 0 Å². The van der Waals surface area contributed by atoms with E-state index in [0.717, 1.165) is 12.1 Å². The van der Waals surface area contributed by atoms with Crippen LogP contribution in [0.1, 0.15) is 11.1 Å². The Hall–Kier alpha value is -2.45. The molecule has 2 aromatic rings. The fourth-order valence-electron chi connectivity index (χ4n) is 1.50. The number of aliphatic hydroxyl groups excluding tert-OH is 1. The maximum atomic E-state index is 13.6. The van der Waals surface area contributed by atoms with Crippen LogP contribution >= 0.6 is 0 Å². The highest BCUT2D eigenvalue weighted by Crippen LogP contribution is 2.26. The Bertz CT molecular complexity index is 650. The Labute approximate surface area is 108 Å². The summed E-state index contributed by atoms with van der Waals surface area (Å²) in [6.07, 6.45) is 0. The fraction of sp³-hybridized carbons (Fsp3) is 0.0714. The van der Waals surface area contributed by atoms with Crippen LogP contribution in [0.3, 0.4) is 0 Å². The topological polar surface area (TPSA) is 53.2 Å². The van der Waals surface area contributed by atoms with Gasteiger partial charge in [0.2, 0.25) is 0 Å². The van der Waals surface area contributed by atoms with Gasteiger partial charge in [-0.15, -0.1) is 0 Å². The van der Waals surface area contributed by atoms with Crippen molar-refractivity contribution in [2.24, 2.45) is 0 Å². The smallest absolute Gasteiger partial charge is 0.166 e. The number of halogens is 2. The van der Waals surface area contributed by atoms with E-state index in [4.69, 9.17) is 15.1 Å². The van der Waals surface area contributed by atoms with Crippen LogP contribution in [0.4, 0.5) is 8.78 Å². The van der Waals surface area contributed by atoms with Crippen LogP contribution in [0.25, 0.3) is 0 Å². The molecule has 0 saturated heterocycles. The first-order valence-electron chi connectivity index (χ1n) is 5.41. The highest BCUT2D eigenvalue weighted by atomic mass is 19.1. The third kappa shape index (κ3) is 2.87. The number of hydrogen-bond acceptors (Lipinski definition) is 3. The van der Waals surface area contributed by atoms with Gasteiger partial charge < -0.3 is 9.84 Å². The molecule has 19 heavy (non-hydrogen) atoms. The summed E-state index contributed by atoms with van der Waals surface area (Å²) < 4.78 is 32.1. The van der Waals surface area contributed by atoms with Gasteiger partial charge in [-0.2, -0.15) is 5.26 Å². The zero-order valence-corrected chi connectivity index (χ0v) is 9.73. The number of benzene rings is 2. The third-order valence-electron chi connectivity index (χ3n) is 2.47. The van der Waals surface area contributed by atoms with E-state index >= 15 is 0 Å². The Morgan fingerprint density at radius 1 is 1.11 bits per heavy atom. The predicted octanol–water partition coefficient (Wildman–Crippen LogP) is 3.12. The van der Waals surface area contributed by atoms with Crippen molar-refractivity contribution in [1.29, 1.82) is 5.26 Å². The van der Waals surface area contributed by atoms with Gasteiger partial charge in [0.05, 0.1) is 12.2 Å². The molecule has 1 N–H and O–H groups in total. The molecule has 0 amide bonds. The Morgan fingerprint density at radius 3 is 2.47 bits per heavy atom. The third-order valence-corrected chi connectivity index (χ3v) is 2.47. The molecule has 0 aromatic heterocycles. The molecule has 0 atom stereocenters. The number of nitrogens with zero attached hydrogens (tertiary/aromatic N) is 1. The molecule has 3 nitrogen and oxygen atoms in total. The second-order valence-electron chi connectivity index (χ2n) is 3.78. The average molecular weight is 261 g/mol. The van der Waals surface area contributed by atoms with Crippen molar-refractivity contribution in [3.05, 3.63) is 59.2 Å². The van der Waals surface area contributed by atoms with Crippen molar-refractivity contribution in [2.45, 2.75) is 6.61 Å². The van der Waals surface area contributed by atoms with Gasteiger partial charge in [0.25, 0.3) is 0 Å². The number of aliphatic hydroxyl groups is 1. The number of hydrogen-bond donors (Lipinski definition) is 1. The predicted molar refractivity (Wildman–Crippen MR) is 63.5 cm³/mol. The summed E-state index contributed by atoms with van der Waals surface area (Å²) in [5.41, 5.74) is 0.305. The largest absolute Gasteiger partial charge is 0.454 e. The van der Waals surface area contributed by atoms with E-state index in [9.17, 15) is 8.78 Å². The second kappa shape index (κ2) is 5.46. The normalized spacial score (nSPS) is 10.0. The molecule has 2 aromatic carbocycles. The summed E-state index contributed by atoms with van der Waals surface area (Å²) in [7, 11) is 0. The Morgan fingerprint density at radius 2 is 1.89 bits per heavy atom. The lowest BCUT2D eigenvalue weighted by Crippen LogP contribution is -1.92. The Balaban J connectivity index is 2.26. The zero-order chi connectivity index (χ0) is 13.8. The molecule has 96 valence electrons. The highest BCUT2D eigenvalue weighted by Gasteiger charge is 2.08. The first-order chi connectivity index (χ1) is 9.13. The number of nitriles is 1. The first kappa shape index (κ1) is 13.0. The summed E-state index contributed by atoms with van der Waals surface area (Å²) in [6, 6.07) is 9.30. The minimum Gasteiger partial charge on any atom is -0.454 e. The minimum absolute atomic E-state index is 0.0821. The van der Waals surface area contributed by atoms with E-state index in [1.54, 1.807) is 6.07 Å². The molecular weight excluding hydrogens is 252 g/mol. The summed E-state index contributed by atoms with van der Waals surface area (Å²) >= 11 is 0. The van der Waals surface area contributed by atoms with E-state index in [0.29, 0.717) is 5.56 Å². The molecule has 2 rings (SSSR count). The maximum absolute atomic E-state index is 13.6. The molecule has 5 heteroatoms. The van der Waals surface area contributed by atoms with Gasteiger partial charge in [-0.1, -0.05) is 6.07 Å². The van der Waals surface area contributed by atoms with E-state index in [2.05, 4.69) is 0 Å². The molecule has 0 aliphatic heterocycles. The number of rotatable bonds is 3. The molecule has 0 heterocycles. The van der Waals surface area contributed by atoms with Crippen LogP contribution in [-0.2, 0) is 6.61 Å². The van der Waals surface area contributed by atoms with Gasteiger partial charge >= 0.3 is 0 Å². The van der Waals surface area contributed by atoms with Crippen LogP contribution in [0.5, 0.6) is 11.5 Å². The molecular formula is C14H9F2NO2. The SMILES string of the molecule is N#Cc1ccc(Oc2ccc(CO)cc2F)cc1F. The standard InChI is InChI=1S/C14H9F2NO2/c15-12-6-11(3-2-10(12)7-17)19-14-4-1-9(8-18)5-13(14)16/h1-6,18H,8H2. The fourth-order valence-corrected chi connectivity index (χ4v) is 1.50. The van der Waals surface area contributed by atoms with Crippen molar-refractivity contribution in [3.63, 3.8) is 0 Å². The van der Waals surface area contributed by atoms with E-state index in [-0.39, 0.29) is 23.7 Å². The van der Waals surface area contributed by atoms with Crippen LogP contribution in [0.15, 0.2) is 36.4 Å². The summed E-state index contributed by atoms with van der Waals surface area (Å²) in [6.45, 7) is -0.275. The second-order valence-corrected chi connectivity index (χ2v) is 3.78. The van der Waals surface area contributed by atoms with Gasteiger partial charge in [0.15, 0.2) is 11.6 Å². The van der Waals surface area contributed by atoms with Crippen molar-refractivity contribution >= 4 is 0 Å². The van der Waals surface area contributed by atoms with Crippen LogP contribution < -0.4 is 4.74 Å². The average Bonchev–Trinajstić information content (AvgIpc) is 2.41. The van der Waals surface area contributed by atoms with Crippen LogP contribution in [0.2, 0.25) is 0 Å². The molecule has 0 bridgehead atoms. The van der Waals surface area contributed by atoms with Gasteiger partial charge in [0.1, 0.15) is 17.6 Å². The lowest BCUT2D eigenvalue weighted by atomic mass is 10.2. The van der Waals surface area contributed by atoms with Crippen molar-refractivity contribution < 1.29 is 18.6 Å². The quantitative estimate of drug-likeness (QED) is 0.923. The summed E-state index contributed by atoms with van der Waals surface area (Å²) in [5, 5.41) is 17.4. The van der Waals surface area contributed by atoms with Gasteiger partial charge in [-0.25, -0.2) is 8.78 Å². The molecule has 0 spiro atoms. The molecule has 0 aliphatic carbocycles. The molecule has 0 aliphatic rings. The van der Waals surface area contributed by atoms with E-state index in [1.165, 1.54) is 24.3 Å². The summed E-state index contributed by atoms with van der Waals surface area (Å²) in [5.74, 6) is -1.38. The van der Waals surface area contributed by atoms with E-state index < -0.39 is 11.6 Å². The van der Waals surface area contributed by atoms with Crippen molar-refractivity contribution in [1.82, 2.24) is 0 Å². The van der Waals surface area contributed by atoms with Gasteiger partial charge in [-0.05, 0) is 29.8 Å². The monoisotopic (exact) mass is 261 g/mol. The van der Waals surface area contributed by atoms with Crippen molar-refractivity contribution in [3.8, 4) is 17.6 Å². The molecule has 0 fully saturated rings. The summed E-state index contributed by atoms with van der Waals surface area (Å²) in [4.78, 5) is 0. The van der Waals surface area contributed by atoms with Gasteiger partial charge in [0, 0.05) is 6.07 Å². The number of ether oxygens (including phenoxy) is 1.